The van der Waals surface area contributed by atoms with Crippen molar-refractivity contribution in [2.75, 3.05) is 43.6 Å². The molecule has 164 valence electrons. The fourth-order valence-electron chi connectivity index (χ4n) is 2.64. The van der Waals surface area contributed by atoms with Crippen LogP contribution in [-0.2, 0) is 20.6 Å². The van der Waals surface area contributed by atoms with Crippen LogP contribution in [0.2, 0.25) is 5.02 Å². The molecule has 30 heavy (non-hydrogen) atoms. The lowest BCUT2D eigenvalue weighted by Gasteiger charge is -2.24. The van der Waals surface area contributed by atoms with Crippen molar-refractivity contribution in [2.45, 2.75) is 5.75 Å². The lowest BCUT2D eigenvalue weighted by Crippen LogP contribution is -2.41. The Labute approximate surface area is 186 Å². The highest BCUT2D eigenvalue weighted by molar-refractivity contribution is 7.98. The van der Waals surface area contributed by atoms with E-state index in [1.807, 2.05) is 24.3 Å². The van der Waals surface area contributed by atoms with Crippen LogP contribution in [0.15, 0.2) is 42.5 Å². The van der Waals surface area contributed by atoms with Crippen molar-refractivity contribution in [3.63, 3.8) is 0 Å². The Hall–Kier alpha value is -2.10. The Balaban J connectivity index is 1.95. The van der Waals surface area contributed by atoms with Crippen LogP contribution in [0, 0.1) is 0 Å². The molecule has 1 N–H and O–H groups in total. The van der Waals surface area contributed by atoms with Crippen LogP contribution in [0.5, 0.6) is 11.5 Å². The predicted molar refractivity (Wildman–Crippen MR) is 122 cm³/mol. The molecule has 0 spiro atoms. The number of ether oxygens (including phenoxy) is 2. The third-order valence-corrected chi connectivity index (χ3v) is 6.46. The van der Waals surface area contributed by atoms with Crippen LogP contribution in [0.4, 0.5) is 5.69 Å². The standard InChI is InChI=1S/C20H25ClN2O5S2/c1-27-17-7-8-19(28-2)18(12-17)23(30(3,25)26)13-20(24)22-9-10-29-14-15-5-4-6-16(21)11-15/h4-8,11-12H,9-10,13-14H2,1-3H3,(H,22,24). The second kappa shape index (κ2) is 11.3. The van der Waals surface area contributed by atoms with E-state index in [0.717, 1.165) is 21.9 Å². The molecule has 1 amide bonds. The normalized spacial score (nSPS) is 11.1. The lowest BCUT2D eigenvalue weighted by molar-refractivity contribution is -0.119. The average molecular weight is 473 g/mol. The van der Waals surface area contributed by atoms with Crippen molar-refractivity contribution in [2.24, 2.45) is 0 Å². The molecule has 2 rings (SSSR count). The summed E-state index contributed by atoms with van der Waals surface area (Å²) in [6, 6.07) is 12.4. The fraction of sp³-hybridized carbons (Fsp3) is 0.350. The molecule has 7 nitrogen and oxygen atoms in total. The number of methoxy groups -OCH3 is 2. The summed E-state index contributed by atoms with van der Waals surface area (Å²) < 4.78 is 36.1. The van der Waals surface area contributed by atoms with Gasteiger partial charge in [-0.15, -0.1) is 0 Å². The van der Waals surface area contributed by atoms with Crippen molar-refractivity contribution < 1.29 is 22.7 Å². The monoisotopic (exact) mass is 472 g/mol. The van der Waals surface area contributed by atoms with Gasteiger partial charge in [-0.1, -0.05) is 23.7 Å². The number of halogens is 1. The van der Waals surface area contributed by atoms with Gasteiger partial charge in [0.15, 0.2) is 0 Å². The van der Waals surface area contributed by atoms with Gasteiger partial charge in [-0.05, 0) is 29.8 Å². The molecule has 0 saturated carbocycles. The number of amides is 1. The van der Waals surface area contributed by atoms with Gasteiger partial charge in [0.2, 0.25) is 15.9 Å². The van der Waals surface area contributed by atoms with Gasteiger partial charge in [-0.2, -0.15) is 11.8 Å². The van der Waals surface area contributed by atoms with Gasteiger partial charge in [0.25, 0.3) is 0 Å². The van der Waals surface area contributed by atoms with Gasteiger partial charge in [-0.25, -0.2) is 8.42 Å². The zero-order valence-corrected chi connectivity index (χ0v) is 19.4. The van der Waals surface area contributed by atoms with Gasteiger partial charge in [0, 0.05) is 29.1 Å². The molecule has 0 aliphatic heterocycles. The summed E-state index contributed by atoms with van der Waals surface area (Å²) in [6.45, 7) is 0.0538. The van der Waals surface area contributed by atoms with Crippen molar-refractivity contribution in [1.29, 1.82) is 0 Å². The summed E-state index contributed by atoms with van der Waals surface area (Å²) in [7, 11) is -0.817. The van der Waals surface area contributed by atoms with Crippen molar-refractivity contribution in [3.8, 4) is 11.5 Å². The number of benzene rings is 2. The van der Waals surface area contributed by atoms with E-state index in [-0.39, 0.29) is 12.2 Å². The Morgan fingerprint density at radius 1 is 1.17 bits per heavy atom. The van der Waals surface area contributed by atoms with Gasteiger partial charge >= 0.3 is 0 Å². The highest BCUT2D eigenvalue weighted by Crippen LogP contribution is 2.33. The number of sulfonamides is 1. The molecule has 0 aliphatic carbocycles. The molecule has 10 heteroatoms. The fourth-order valence-corrected chi connectivity index (χ4v) is 4.51. The molecule has 0 aliphatic rings. The number of nitrogens with zero attached hydrogens (tertiary/aromatic N) is 1. The number of hydrogen-bond donors (Lipinski definition) is 1. The number of carbonyl (C=O) groups is 1. The minimum atomic E-state index is -3.73. The smallest absolute Gasteiger partial charge is 0.240 e. The van der Waals surface area contributed by atoms with Crippen molar-refractivity contribution in [1.82, 2.24) is 5.32 Å². The summed E-state index contributed by atoms with van der Waals surface area (Å²) in [5, 5.41) is 3.44. The van der Waals surface area contributed by atoms with Gasteiger partial charge in [-0.3, -0.25) is 9.10 Å². The predicted octanol–water partition coefficient (Wildman–Crippen LogP) is 3.17. The van der Waals surface area contributed by atoms with E-state index in [4.69, 9.17) is 21.1 Å². The molecular formula is C20H25ClN2O5S2. The van der Waals surface area contributed by atoms with Gasteiger partial charge < -0.3 is 14.8 Å². The van der Waals surface area contributed by atoms with E-state index in [9.17, 15) is 13.2 Å². The number of thioether (sulfide) groups is 1. The SMILES string of the molecule is COc1ccc(OC)c(N(CC(=O)NCCSCc2cccc(Cl)c2)S(C)(=O)=O)c1. The van der Waals surface area contributed by atoms with E-state index < -0.39 is 15.9 Å². The van der Waals surface area contributed by atoms with E-state index in [1.165, 1.54) is 20.3 Å². The summed E-state index contributed by atoms with van der Waals surface area (Å²) in [4.78, 5) is 12.4. The molecule has 2 aromatic carbocycles. The summed E-state index contributed by atoms with van der Waals surface area (Å²) in [5.41, 5.74) is 1.34. The molecule has 0 atom stereocenters. The zero-order chi connectivity index (χ0) is 22.1. The number of carbonyl (C=O) groups excluding carboxylic acids is 1. The Bertz CT molecular complexity index is 969. The number of hydrogen-bond acceptors (Lipinski definition) is 6. The van der Waals surface area contributed by atoms with Crippen LogP contribution in [0.1, 0.15) is 5.56 Å². The van der Waals surface area contributed by atoms with E-state index in [2.05, 4.69) is 5.32 Å². The minimum Gasteiger partial charge on any atom is -0.497 e. The quantitative estimate of drug-likeness (QED) is 0.505. The molecule has 0 heterocycles. The first-order valence-electron chi connectivity index (χ1n) is 9.03. The van der Waals surface area contributed by atoms with E-state index in [0.29, 0.717) is 28.8 Å². The molecule has 0 aromatic heterocycles. The Kier molecular flexibility index (Phi) is 9.13. The molecule has 0 fully saturated rings. The highest BCUT2D eigenvalue weighted by Gasteiger charge is 2.24. The minimum absolute atomic E-state index is 0.241. The van der Waals surface area contributed by atoms with Crippen LogP contribution in [0.3, 0.4) is 0 Å². The van der Waals surface area contributed by atoms with E-state index >= 15 is 0 Å². The van der Waals surface area contributed by atoms with E-state index in [1.54, 1.807) is 23.9 Å². The summed E-state index contributed by atoms with van der Waals surface area (Å²) in [6.07, 6.45) is 1.04. The largest absolute Gasteiger partial charge is 0.497 e. The average Bonchev–Trinajstić information content (AvgIpc) is 2.70. The number of anilines is 1. The van der Waals surface area contributed by atoms with Crippen LogP contribution in [-0.4, -0.2) is 53.6 Å². The maximum absolute atomic E-state index is 12.4. The van der Waals surface area contributed by atoms with Crippen LogP contribution >= 0.6 is 23.4 Å². The summed E-state index contributed by atoms with van der Waals surface area (Å²) >= 11 is 7.61. The molecule has 0 unspecified atom stereocenters. The van der Waals surface area contributed by atoms with Gasteiger partial charge in [0.1, 0.15) is 18.0 Å². The highest BCUT2D eigenvalue weighted by atomic mass is 35.5. The third-order valence-electron chi connectivity index (χ3n) is 4.07. The first-order valence-corrected chi connectivity index (χ1v) is 12.4. The van der Waals surface area contributed by atoms with Crippen molar-refractivity contribution >= 4 is 45.0 Å². The molecule has 0 radical (unpaired) electrons. The second-order valence-electron chi connectivity index (χ2n) is 6.34. The Morgan fingerprint density at radius 2 is 1.93 bits per heavy atom. The molecule has 2 aromatic rings. The lowest BCUT2D eigenvalue weighted by atomic mass is 10.2. The third kappa shape index (κ3) is 7.30. The maximum atomic E-state index is 12.4. The van der Waals surface area contributed by atoms with Crippen LogP contribution in [0.25, 0.3) is 0 Å². The maximum Gasteiger partial charge on any atom is 0.240 e. The summed E-state index contributed by atoms with van der Waals surface area (Å²) in [5.74, 6) is 1.82. The zero-order valence-electron chi connectivity index (χ0n) is 17.1. The first-order chi connectivity index (χ1) is 14.2. The van der Waals surface area contributed by atoms with Crippen LogP contribution < -0.4 is 19.1 Å². The molecule has 0 saturated heterocycles. The van der Waals surface area contributed by atoms with Gasteiger partial charge in [0.05, 0.1) is 26.2 Å². The molecule has 0 bridgehead atoms. The number of rotatable bonds is 11. The second-order valence-corrected chi connectivity index (χ2v) is 9.79. The number of nitrogens with one attached hydrogen (secondary N) is 1. The topological polar surface area (TPSA) is 84.9 Å². The molecular weight excluding hydrogens is 448 g/mol. The Morgan fingerprint density at radius 3 is 2.57 bits per heavy atom. The first kappa shape index (κ1) is 24.2. The van der Waals surface area contributed by atoms with Crippen molar-refractivity contribution in [3.05, 3.63) is 53.1 Å².